The average molecular weight is 352 g/mol. The quantitative estimate of drug-likeness (QED) is 0.762. The number of ether oxygens (including phenoxy) is 2. The molecule has 1 aromatic carbocycles. The van der Waals surface area contributed by atoms with Crippen LogP contribution in [0, 0.1) is 0 Å². The van der Waals surface area contributed by atoms with Crippen molar-refractivity contribution >= 4 is 23.4 Å². The highest BCUT2D eigenvalue weighted by atomic mass is 35.5. The van der Waals surface area contributed by atoms with Crippen molar-refractivity contribution in [2.75, 3.05) is 6.79 Å². The molecule has 0 spiro atoms. The molecule has 1 aromatic heterocycles. The lowest BCUT2D eigenvalue weighted by atomic mass is 10.1. The molecular formula is C16H18ClN3O2S. The molecule has 0 atom stereocenters. The van der Waals surface area contributed by atoms with Gasteiger partial charge in [0, 0.05) is 34.4 Å². The zero-order valence-corrected chi connectivity index (χ0v) is 14.5. The van der Waals surface area contributed by atoms with Crippen LogP contribution in [0.1, 0.15) is 42.6 Å². The van der Waals surface area contributed by atoms with Crippen LogP contribution in [0.5, 0.6) is 5.75 Å². The average Bonchev–Trinajstić information content (AvgIpc) is 3.32. The number of rotatable bonds is 5. The highest BCUT2D eigenvalue weighted by Gasteiger charge is 2.30. The number of aromatic nitrogens is 3. The zero-order chi connectivity index (χ0) is 15.8. The lowest BCUT2D eigenvalue weighted by molar-refractivity contribution is -0.0168. The Morgan fingerprint density at radius 1 is 1.35 bits per heavy atom. The van der Waals surface area contributed by atoms with Crippen molar-refractivity contribution in [1.82, 2.24) is 14.8 Å². The number of benzene rings is 1. The molecule has 0 radical (unpaired) electrons. The van der Waals surface area contributed by atoms with Gasteiger partial charge < -0.3 is 14.0 Å². The number of fused-ring (bicyclic) bond motifs is 1. The largest absolute Gasteiger partial charge is 0.467 e. The molecule has 1 aliphatic heterocycles. The maximum absolute atomic E-state index is 6.22. The third kappa shape index (κ3) is 3.07. The van der Waals surface area contributed by atoms with E-state index in [9.17, 15) is 0 Å². The summed E-state index contributed by atoms with van der Waals surface area (Å²) in [4.78, 5) is 0. The van der Waals surface area contributed by atoms with Crippen LogP contribution in [0.25, 0.3) is 0 Å². The summed E-state index contributed by atoms with van der Waals surface area (Å²) in [5.74, 6) is 3.40. The van der Waals surface area contributed by atoms with Gasteiger partial charge >= 0.3 is 0 Å². The van der Waals surface area contributed by atoms with Crippen molar-refractivity contribution in [3.8, 4) is 5.75 Å². The summed E-state index contributed by atoms with van der Waals surface area (Å²) in [6.45, 7) is 3.88. The molecule has 0 bridgehead atoms. The van der Waals surface area contributed by atoms with Gasteiger partial charge in [0.15, 0.2) is 11.9 Å². The van der Waals surface area contributed by atoms with Crippen LogP contribution in [-0.2, 0) is 23.6 Å². The second kappa shape index (κ2) is 6.34. The summed E-state index contributed by atoms with van der Waals surface area (Å²) < 4.78 is 13.2. The highest BCUT2D eigenvalue weighted by Crippen LogP contribution is 2.41. The Kier molecular flexibility index (Phi) is 4.22. The molecule has 2 heterocycles. The van der Waals surface area contributed by atoms with Crippen LogP contribution in [-0.4, -0.2) is 21.6 Å². The predicted octanol–water partition coefficient (Wildman–Crippen LogP) is 3.99. The van der Waals surface area contributed by atoms with Gasteiger partial charge in [-0.3, -0.25) is 0 Å². The van der Waals surface area contributed by atoms with E-state index in [1.807, 2.05) is 12.1 Å². The van der Waals surface area contributed by atoms with E-state index in [1.165, 1.54) is 12.8 Å². The Labute approximate surface area is 144 Å². The standard InChI is InChI=1S/C16H18ClN3O2S/c1-2-20-15(10-3-4-10)18-19-16(20)23-8-12-6-13(17)5-11-7-21-9-22-14(11)12/h5-6,10H,2-4,7-9H2,1H3. The first-order valence-electron chi connectivity index (χ1n) is 7.84. The lowest BCUT2D eigenvalue weighted by Crippen LogP contribution is -2.13. The van der Waals surface area contributed by atoms with Crippen LogP contribution < -0.4 is 4.74 Å². The second-order valence-electron chi connectivity index (χ2n) is 5.81. The lowest BCUT2D eigenvalue weighted by Gasteiger charge is -2.21. The summed E-state index contributed by atoms with van der Waals surface area (Å²) >= 11 is 7.90. The van der Waals surface area contributed by atoms with Crippen molar-refractivity contribution in [1.29, 1.82) is 0 Å². The van der Waals surface area contributed by atoms with E-state index in [4.69, 9.17) is 21.1 Å². The molecular weight excluding hydrogens is 334 g/mol. The molecule has 1 fully saturated rings. The van der Waals surface area contributed by atoms with Gasteiger partial charge in [0.2, 0.25) is 0 Å². The molecule has 23 heavy (non-hydrogen) atoms. The topological polar surface area (TPSA) is 49.2 Å². The third-order valence-corrected chi connectivity index (χ3v) is 5.35. The van der Waals surface area contributed by atoms with E-state index in [-0.39, 0.29) is 0 Å². The predicted molar refractivity (Wildman–Crippen MR) is 89.0 cm³/mol. The van der Waals surface area contributed by atoms with E-state index < -0.39 is 0 Å². The molecule has 4 rings (SSSR count). The van der Waals surface area contributed by atoms with Crippen molar-refractivity contribution in [3.05, 3.63) is 34.1 Å². The maximum atomic E-state index is 6.22. The van der Waals surface area contributed by atoms with E-state index in [0.717, 1.165) is 40.2 Å². The Balaban J connectivity index is 1.56. The van der Waals surface area contributed by atoms with Crippen molar-refractivity contribution in [3.63, 3.8) is 0 Å². The van der Waals surface area contributed by atoms with Gasteiger partial charge in [0.1, 0.15) is 11.6 Å². The van der Waals surface area contributed by atoms with Gasteiger partial charge in [-0.2, -0.15) is 0 Å². The summed E-state index contributed by atoms with van der Waals surface area (Å²) in [6, 6.07) is 3.87. The Morgan fingerprint density at radius 3 is 3.00 bits per heavy atom. The van der Waals surface area contributed by atoms with Crippen LogP contribution in [0.15, 0.2) is 17.3 Å². The van der Waals surface area contributed by atoms with Gasteiger partial charge in [-0.15, -0.1) is 10.2 Å². The third-order valence-electron chi connectivity index (χ3n) is 4.11. The summed E-state index contributed by atoms with van der Waals surface area (Å²) in [5.41, 5.74) is 2.09. The summed E-state index contributed by atoms with van der Waals surface area (Å²) in [5, 5.41) is 10.4. The van der Waals surface area contributed by atoms with Crippen molar-refractivity contribution < 1.29 is 9.47 Å². The van der Waals surface area contributed by atoms with E-state index >= 15 is 0 Å². The Hall–Kier alpha value is -1.24. The number of hydrogen-bond donors (Lipinski definition) is 0. The molecule has 1 saturated carbocycles. The molecule has 0 saturated heterocycles. The van der Waals surface area contributed by atoms with Crippen LogP contribution >= 0.6 is 23.4 Å². The van der Waals surface area contributed by atoms with Crippen molar-refractivity contribution in [2.45, 2.75) is 49.7 Å². The molecule has 1 aliphatic carbocycles. The first kappa shape index (κ1) is 15.3. The smallest absolute Gasteiger partial charge is 0.191 e. The summed E-state index contributed by atoms with van der Waals surface area (Å²) in [7, 11) is 0. The fraction of sp³-hybridized carbons (Fsp3) is 0.500. The molecule has 122 valence electrons. The number of hydrogen-bond acceptors (Lipinski definition) is 5. The fourth-order valence-corrected chi connectivity index (χ4v) is 4.09. The zero-order valence-electron chi connectivity index (χ0n) is 12.9. The van der Waals surface area contributed by atoms with Crippen molar-refractivity contribution in [2.24, 2.45) is 0 Å². The Bertz CT molecular complexity index is 730. The molecule has 5 nitrogen and oxygen atoms in total. The van der Waals surface area contributed by atoms with E-state index in [0.29, 0.717) is 24.3 Å². The fourth-order valence-electron chi connectivity index (χ4n) is 2.85. The van der Waals surface area contributed by atoms with Crippen LogP contribution in [0.3, 0.4) is 0 Å². The second-order valence-corrected chi connectivity index (χ2v) is 7.19. The van der Waals surface area contributed by atoms with Gasteiger partial charge in [0.05, 0.1) is 6.61 Å². The minimum Gasteiger partial charge on any atom is -0.467 e. The highest BCUT2D eigenvalue weighted by molar-refractivity contribution is 7.98. The normalized spacial score (nSPS) is 17.0. The van der Waals surface area contributed by atoms with Gasteiger partial charge in [-0.25, -0.2) is 0 Å². The molecule has 2 aliphatic rings. The molecule has 7 heteroatoms. The number of halogens is 1. The maximum Gasteiger partial charge on any atom is 0.191 e. The van der Waals surface area contributed by atoms with E-state index in [1.54, 1.807) is 11.8 Å². The van der Waals surface area contributed by atoms with E-state index in [2.05, 4.69) is 21.7 Å². The first-order chi connectivity index (χ1) is 11.3. The van der Waals surface area contributed by atoms with Gasteiger partial charge in [-0.05, 0) is 31.9 Å². The molecule has 0 unspecified atom stereocenters. The number of nitrogens with zero attached hydrogens (tertiary/aromatic N) is 3. The van der Waals surface area contributed by atoms with Gasteiger partial charge in [0.25, 0.3) is 0 Å². The SMILES string of the molecule is CCn1c(SCc2cc(Cl)cc3c2OCOC3)nnc1C1CC1. The van der Waals surface area contributed by atoms with Gasteiger partial charge in [-0.1, -0.05) is 23.4 Å². The van der Waals surface area contributed by atoms with Crippen LogP contribution in [0.2, 0.25) is 5.02 Å². The minimum absolute atomic E-state index is 0.295. The molecule has 2 aromatic rings. The molecule has 0 N–H and O–H groups in total. The first-order valence-corrected chi connectivity index (χ1v) is 9.20. The Morgan fingerprint density at radius 2 is 2.22 bits per heavy atom. The summed E-state index contributed by atoms with van der Waals surface area (Å²) in [6.07, 6.45) is 2.47. The number of thioether (sulfide) groups is 1. The minimum atomic E-state index is 0.295. The molecule has 0 amide bonds. The monoisotopic (exact) mass is 351 g/mol. The van der Waals surface area contributed by atoms with Crippen LogP contribution in [0.4, 0.5) is 0 Å².